The van der Waals surface area contributed by atoms with E-state index in [2.05, 4.69) is 0 Å². The number of rotatable bonds is 2. The van der Waals surface area contributed by atoms with Gasteiger partial charge in [-0.15, -0.1) is 0 Å². The second-order valence-corrected chi connectivity index (χ2v) is 7.39. The number of nitrogen functional groups attached to an aromatic ring is 1. The largest absolute Gasteiger partial charge is 0.443 e. The maximum absolute atomic E-state index is 13.4. The second kappa shape index (κ2) is 7.07. The van der Waals surface area contributed by atoms with E-state index < -0.39 is 29.2 Å². The quantitative estimate of drug-likeness (QED) is 0.820. The van der Waals surface area contributed by atoms with Crippen LogP contribution in [0.1, 0.15) is 47.1 Å². The van der Waals surface area contributed by atoms with Crippen LogP contribution < -0.4 is 5.73 Å². The molecule has 0 heterocycles. The monoisotopic (exact) mass is 340 g/mol. The zero-order chi connectivity index (χ0) is 18.7. The number of hydrogen-bond donors (Lipinski definition) is 1. The third-order valence-corrected chi connectivity index (χ3v) is 2.66. The highest BCUT2D eigenvalue weighted by atomic mass is 19.1. The number of ether oxygens (including phenoxy) is 2. The van der Waals surface area contributed by atoms with Crippen LogP contribution in [0.5, 0.6) is 0 Å². The van der Waals surface area contributed by atoms with E-state index in [9.17, 15) is 14.0 Å². The SMILES string of the molecule is CC(C)(C)OC(=O)N(Cc1cc(F)ccc1N)C(=O)OC(C)(C)C. The van der Waals surface area contributed by atoms with Crippen molar-refractivity contribution in [1.29, 1.82) is 0 Å². The van der Waals surface area contributed by atoms with Gasteiger partial charge in [0.25, 0.3) is 0 Å². The Labute approximate surface area is 141 Å². The average Bonchev–Trinajstić information content (AvgIpc) is 2.35. The summed E-state index contributed by atoms with van der Waals surface area (Å²) in [4.78, 5) is 25.5. The van der Waals surface area contributed by atoms with Crippen LogP contribution in [0.25, 0.3) is 0 Å². The Hall–Kier alpha value is -2.31. The molecule has 0 saturated carbocycles. The van der Waals surface area contributed by atoms with Crippen LogP contribution in [-0.4, -0.2) is 28.3 Å². The summed E-state index contributed by atoms with van der Waals surface area (Å²) in [5, 5.41) is 0. The van der Waals surface area contributed by atoms with E-state index in [1.54, 1.807) is 41.5 Å². The third-order valence-electron chi connectivity index (χ3n) is 2.66. The number of hydrogen-bond acceptors (Lipinski definition) is 5. The molecule has 0 aliphatic heterocycles. The predicted octanol–water partition coefficient (Wildman–Crippen LogP) is 4.08. The normalized spacial score (nSPS) is 11.8. The van der Waals surface area contributed by atoms with Crippen molar-refractivity contribution in [3.8, 4) is 0 Å². The van der Waals surface area contributed by atoms with Gasteiger partial charge in [-0.3, -0.25) is 0 Å². The fraction of sp³-hybridized carbons (Fsp3) is 0.529. The molecular weight excluding hydrogens is 315 g/mol. The fourth-order valence-corrected chi connectivity index (χ4v) is 1.72. The average molecular weight is 340 g/mol. The molecule has 0 aromatic heterocycles. The Balaban J connectivity index is 3.10. The Morgan fingerprint density at radius 1 is 1.04 bits per heavy atom. The molecule has 7 heteroatoms. The van der Waals surface area contributed by atoms with Crippen LogP contribution in [-0.2, 0) is 16.0 Å². The third kappa shape index (κ3) is 6.44. The summed E-state index contributed by atoms with van der Waals surface area (Å²) in [6.45, 7) is 9.80. The first-order valence-electron chi connectivity index (χ1n) is 7.56. The number of halogens is 1. The molecule has 0 radical (unpaired) electrons. The van der Waals surface area contributed by atoms with Crippen LogP contribution >= 0.6 is 0 Å². The van der Waals surface area contributed by atoms with Gasteiger partial charge >= 0.3 is 12.2 Å². The van der Waals surface area contributed by atoms with Crippen molar-refractivity contribution in [3.63, 3.8) is 0 Å². The molecule has 24 heavy (non-hydrogen) atoms. The molecule has 1 aromatic rings. The van der Waals surface area contributed by atoms with Crippen LogP contribution in [0.4, 0.5) is 19.7 Å². The topological polar surface area (TPSA) is 81.9 Å². The van der Waals surface area contributed by atoms with Crippen LogP contribution in [0.15, 0.2) is 18.2 Å². The molecule has 0 aliphatic carbocycles. The highest BCUT2D eigenvalue weighted by Gasteiger charge is 2.31. The van der Waals surface area contributed by atoms with E-state index in [1.165, 1.54) is 12.1 Å². The van der Waals surface area contributed by atoms with Gasteiger partial charge in [-0.25, -0.2) is 18.9 Å². The van der Waals surface area contributed by atoms with Crippen molar-refractivity contribution >= 4 is 17.9 Å². The Morgan fingerprint density at radius 2 is 1.50 bits per heavy atom. The van der Waals surface area contributed by atoms with Gasteiger partial charge in [0.05, 0.1) is 6.54 Å². The van der Waals surface area contributed by atoms with Gasteiger partial charge < -0.3 is 15.2 Å². The maximum atomic E-state index is 13.4. The number of carbonyl (C=O) groups excluding carboxylic acids is 2. The first-order chi connectivity index (χ1) is 10.8. The lowest BCUT2D eigenvalue weighted by atomic mass is 10.1. The number of nitrogens with zero attached hydrogens (tertiary/aromatic N) is 1. The van der Waals surface area contributed by atoms with Gasteiger partial charge in [0, 0.05) is 5.69 Å². The van der Waals surface area contributed by atoms with Gasteiger partial charge in [0.1, 0.15) is 17.0 Å². The maximum Gasteiger partial charge on any atom is 0.420 e. The van der Waals surface area contributed by atoms with Gasteiger partial charge in [-0.1, -0.05) is 0 Å². The molecule has 0 aliphatic rings. The van der Waals surface area contributed by atoms with Gasteiger partial charge in [-0.2, -0.15) is 0 Å². The molecule has 1 rings (SSSR count). The summed E-state index contributed by atoms with van der Waals surface area (Å²) >= 11 is 0. The van der Waals surface area contributed by atoms with Crippen LogP contribution in [0, 0.1) is 5.82 Å². The number of amides is 2. The van der Waals surface area contributed by atoms with E-state index in [0.29, 0.717) is 0 Å². The van der Waals surface area contributed by atoms with E-state index in [4.69, 9.17) is 15.2 Å². The molecule has 2 amide bonds. The lowest BCUT2D eigenvalue weighted by Gasteiger charge is -2.28. The van der Waals surface area contributed by atoms with Crippen LogP contribution in [0.3, 0.4) is 0 Å². The van der Waals surface area contributed by atoms with E-state index in [1.807, 2.05) is 0 Å². The molecule has 1 aromatic carbocycles. The van der Waals surface area contributed by atoms with Crippen molar-refractivity contribution in [2.24, 2.45) is 0 Å². The lowest BCUT2D eigenvalue weighted by molar-refractivity contribution is -0.000218. The van der Waals surface area contributed by atoms with E-state index >= 15 is 0 Å². The zero-order valence-electron chi connectivity index (χ0n) is 15.0. The number of carbonyl (C=O) groups is 2. The number of nitrogens with two attached hydrogens (primary N) is 1. The minimum atomic E-state index is -0.889. The Kier molecular flexibility index (Phi) is 5.81. The standard InChI is InChI=1S/C17H25FN2O4/c1-16(2,3)23-14(21)20(15(22)24-17(4,5)6)10-11-9-12(18)7-8-13(11)19/h7-9H,10,19H2,1-6H3. The molecule has 0 unspecified atom stereocenters. The van der Waals surface area contributed by atoms with Gasteiger partial charge in [-0.05, 0) is 65.3 Å². The molecule has 0 bridgehead atoms. The Morgan fingerprint density at radius 3 is 1.92 bits per heavy atom. The smallest absolute Gasteiger partial charge is 0.420 e. The summed E-state index contributed by atoms with van der Waals surface area (Å²) in [6.07, 6.45) is -1.78. The van der Waals surface area contributed by atoms with Crippen molar-refractivity contribution in [2.75, 3.05) is 5.73 Å². The highest BCUT2D eigenvalue weighted by Crippen LogP contribution is 2.20. The number of anilines is 1. The summed E-state index contributed by atoms with van der Waals surface area (Å²) in [5.74, 6) is -0.521. The van der Waals surface area contributed by atoms with Crippen molar-refractivity contribution < 1.29 is 23.5 Å². The molecular formula is C17H25FN2O4. The minimum Gasteiger partial charge on any atom is -0.443 e. The zero-order valence-corrected chi connectivity index (χ0v) is 15.0. The molecule has 2 N–H and O–H groups in total. The molecule has 134 valence electrons. The highest BCUT2D eigenvalue weighted by molar-refractivity contribution is 5.88. The van der Waals surface area contributed by atoms with Crippen molar-refractivity contribution in [2.45, 2.75) is 59.3 Å². The molecule has 0 spiro atoms. The fourth-order valence-electron chi connectivity index (χ4n) is 1.72. The van der Waals surface area contributed by atoms with E-state index in [0.717, 1.165) is 11.0 Å². The van der Waals surface area contributed by atoms with Crippen molar-refractivity contribution in [1.82, 2.24) is 4.90 Å². The molecule has 0 saturated heterocycles. The Bertz CT molecular complexity index is 590. The number of imide groups is 1. The van der Waals surface area contributed by atoms with Gasteiger partial charge in [0.2, 0.25) is 0 Å². The summed E-state index contributed by atoms with van der Waals surface area (Å²) in [5.41, 5.74) is 4.74. The summed E-state index contributed by atoms with van der Waals surface area (Å²) < 4.78 is 23.9. The predicted molar refractivity (Wildman–Crippen MR) is 88.8 cm³/mol. The van der Waals surface area contributed by atoms with Gasteiger partial charge in [0.15, 0.2) is 0 Å². The lowest BCUT2D eigenvalue weighted by Crippen LogP contribution is -2.43. The first-order valence-corrected chi connectivity index (χ1v) is 7.56. The summed E-state index contributed by atoms with van der Waals surface area (Å²) in [6, 6.07) is 3.73. The first kappa shape index (κ1) is 19.7. The van der Waals surface area contributed by atoms with E-state index in [-0.39, 0.29) is 17.8 Å². The minimum absolute atomic E-state index is 0.257. The van der Waals surface area contributed by atoms with Crippen LogP contribution in [0.2, 0.25) is 0 Å². The number of benzene rings is 1. The summed E-state index contributed by atoms with van der Waals surface area (Å²) in [7, 11) is 0. The molecule has 6 nitrogen and oxygen atoms in total. The van der Waals surface area contributed by atoms with Crippen molar-refractivity contribution in [3.05, 3.63) is 29.6 Å². The molecule has 0 fully saturated rings. The second-order valence-electron chi connectivity index (χ2n) is 7.39. The molecule has 0 atom stereocenters.